The van der Waals surface area contributed by atoms with Gasteiger partial charge in [0.1, 0.15) is 0 Å². The highest BCUT2D eigenvalue weighted by molar-refractivity contribution is 8.13. The number of hydrogen-bond acceptors (Lipinski definition) is 6. The largest absolute Gasteiger partial charge is 0.315 e. The molecule has 0 aromatic heterocycles. The first-order valence-electron chi connectivity index (χ1n) is 6.69. The fourth-order valence-corrected chi connectivity index (χ4v) is 2.43. The van der Waals surface area contributed by atoms with Gasteiger partial charge in [-0.25, -0.2) is 0 Å². The maximum absolute atomic E-state index is 10.5. The van der Waals surface area contributed by atoms with Crippen LogP contribution >= 0.6 is 24.4 Å². The molecule has 0 bridgehead atoms. The lowest BCUT2D eigenvalue weighted by atomic mass is 10.2. The molecule has 0 saturated carbocycles. The summed E-state index contributed by atoms with van der Waals surface area (Å²) >= 11 is 5.56. The molecule has 2 N–H and O–H groups in total. The summed E-state index contributed by atoms with van der Waals surface area (Å²) in [5, 5.41) is 3.76. The average Bonchev–Trinajstić information content (AvgIpc) is 2.37. The van der Waals surface area contributed by atoms with Crippen molar-refractivity contribution in [2.45, 2.75) is 30.9 Å². The molecule has 126 valence electrons. The minimum atomic E-state index is -4.02. The van der Waals surface area contributed by atoms with Crippen LogP contribution in [0.15, 0.2) is 29.2 Å². The smallest absolute Gasteiger partial charge is 0.294 e. The van der Waals surface area contributed by atoms with Gasteiger partial charge in [0.05, 0.1) is 4.90 Å². The molecule has 1 rings (SSSR count). The minimum Gasteiger partial charge on any atom is -0.315 e. The molecule has 0 radical (unpaired) electrons. The van der Waals surface area contributed by atoms with Crippen LogP contribution in [0.4, 0.5) is 0 Å². The Bertz CT molecular complexity index is 542. The molecule has 8 heteroatoms. The second kappa shape index (κ2) is 11.1. The molecule has 0 aliphatic heterocycles. The summed E-state index contributed by atoms with van der Waals surface area (Å²) in [5.74, 6) is 0.857. The minimum absolute atomic E-state index is 0.0666. The van der Waals surface area contributed by atoms with Gasteiger partial charge in [-0.3, -0.25) is 9.35 Å². The molecule has 0 amide bonds. The lowest BCUT2D eigenvalue weighted by molar-refractivity contribution is -0.109. The van der Waals surface area contributed by atoms with E-state index < -0.39 is 10.1 Å². The number of aryl methyl sites for hydroxylation is 1. The summed E-state index contributed by atoms with van der Waals surface area (Å²) in [6.07, 6.45) is 0. The molecule has 0 aliphatic rings. The Labute approximate surface area is 142 Å². The van der Waals surface area contributed by atoms with Gasteiger partial charge in [-0.2, -0.15) is 21.0 Å². The molecule has 1 atom stereocenters. The molecule has 1 aromatic carbocycles. The van der Waals surface area contributed by atoms with Gasteiger partial charge in [0.25, 0.3) is 10.1 Å². The van der Waals surface area contributed by atoms with E-state index in [9.17, 15) is 13.2 Å². The van der Waals surface area contributed by atoms with Crippen LogP contribution in [0.2, 0.25) is 0 Å². The van der Waals surface area contributed by atoms with Gasteiger partial charge >= 0.3 is 0 Å². The van der Waals surface area contributed by atoms with Crippen molar-refractivity contribution in [3.8, 4) is 0 Å². The van der Waals surface area contributed by atoms with Crippen LogP contribution in [0.3, 0.4) is 0 Å². The van der Waals surface area contributed by atoms with Crippen molar-refractivity contribution in [2.75, 3.05) is 18.8 Å². The maximum atomic E-state index is 10.5. The zero-order valence-electron chi connectivity index (χ0n) is 12.9. The van der Waals surface area contributed by atoms with Crippen LogP contribution in [0.25, 0.3) is 0 Å². The van der Waals surface area contributed by atoms with Crippen molar-refractivity contribution in [2.24, 2.45) is 0 Å². The summed E-state index contributed by atoms with van der Waals surface area (Å²) in [7, 11) is -4.02. The Morgan fingerprint density at radius 1 is 1.36 bits per heavy atom. The van der Waals surface area contributed by atoms with Gasteiger partial charge in [0.2, 0.25) is 0 Å². The van der Waals surface area contributed by atoms with Gasteiger partial charge < -0.3 is 5.32 Å². The van der Waals surface area contributed by atoms with E-state index in [0.717, 1.165) is 24.4 Å². The third-order valence-corrected chi connectivity index (χ3v) is 4.21. The highest BCUT2D eigenvalue weighted by atomic mass is 32.2. The Balaban J connectivity index is 0.000000401. The molecule has 0 aliphatic carbocycles. The second-order valence-corrected chi connectivity index (χ2v) is 8.26. The number of carbonyl (C=O) groups is 1. The van der Waals surface area contributed by atoms with Gasteiger partial charge in [-0.1, -0.05) is 36.4 Å². The number of thioether (sulfide) groups is 1. The van der Waals surface area contributed by atoms with Crippen molar-refractivity contribution in [3.05, 3.63) is 29.8 Å². The van der Waals surface area contributed by atoms with E-state index in [-0.39, 0.29) is 10.0 Å². The van der Waals surface area contributed by atoms with Crippen LogP contribution in [0.5, 0.6) is 0 Å². The predicted octanol–water partition coefficient (Wildman–Crippen LogP) is 2.42. The molecule has 0 heterocycles. The van der Waals surface area contributed by atoms with E-state index in [2.05, 4.69) is 17.9 Å². The molecule has 0 saturated heterocycles. The first-order valence-corrected chi connectivity index (χ1v) is 9.63. The fourth-order valence-electron chi connectivity index (χ4n) is 1.29. The third kappa shape index (κ3) is 12.0. The first kappa shape index (κ1) is 21.5. The normalized spacial score (nSPS) is 12.2. The SMILES string of the molecule is CC(=O)SCCNCC(C)S.Cc1ccc(S(=O)(=O)O)cc1. The van der Waals surface area contributed by atoms with Crippen LogP contribution in [-0.4, -0.2) is 42.2 Å². The number of rotatable bonds is 6. The predicted molar refractivity (Wildman–Crippen MR) is 95.5 cm³/mol. The topological polar surface area (TPSA) is 83.5 Å². The molecule has 22 heavy (non-hydrogen) atoms. The number of carbonyl (C=O) groups excluding carboxylic acids is 1. The van der Waals surface area contributed by atoms with Crippen LogP contribution in [-0.2, 0) is 14.9 Å². The summed E-state index contributed by atoms with van der Waals surface area (Å²) in [5.41, 5.74) is 0.956. The Morgan fingerprint density at radius 2 is 1.91 bits per heavy atom. The van der Waals surface area contributed by atoms with Crippen molar-refractivity contribution >= 4 is 39.6 Å². The quantitative estimate of drug-likeness (QED) is 0.408. The van der Waals surface area contributed by atoms with Crippen LogP contribution in [0.1, 0.15) is 19.4 Å². The highest BCUT2D eigenvalue weighted by Crippen LogP contribution is 2.08. The Hall–Kier alpha value is -0.540. The second-order valence-electron chi connectivity index (χ2n) is 4.68. The zero-order valence-corrected chi connectivity index (χ0v) is 15.5. The van der Waals surface area contributed by atoms with E-state index in [4.69, 9.17) is 4.55 Å². The van der Waals surface area contributed by atoms with Gasteiger partial charge in [-0.05, 0) is 19.1 Å². The maximum Gasteiger partial charge on any atom is 0.294 e. The molecule has 0 fully saturated rings. The average molecular weight is 366 g/mol. The van der Waals surface area contributed by atoms with E-state index in [1.807, 2.05) is 13.8 Å². The molecular formula is C14H23NO4S3. The van der Waals surface area contributed by atoms with Crippen molar-refractivity contribution in [3.63, 3.8) is 0 Å². The number of benzene rings is 1. The first-order chi connectivity index (χ1) is 10.1. The summed E-state index contributed by atoms with van der Waals surface area (Å²) in [4.78, 5) is 10.4. The monoisotopic (exact) mass is 365 g/mol. The van der Waals surface area contributed by atoms with E-state index in [0.29, 0.717) is 5.25 Å². The highest BCUT2D eigenvalue weighted by Gasteiger charge is 2.06. The molecule has 5 nitrogen and oxygen atoms in total. The number of nitrogens with one attached hydrogen (secondary N) is 1. The molecule has 1 aromatic rings. The van der Waals surface area contributed by atoms with E-state index in [1.54, 1.807) is 19.1 Å². The number of hydrogen-bond donors (Lipinski definition) is 3. The lowest BCUT2D eigenvalue weighted by Crippen LogP contribution is -2.23. The lowest BCUT2D eigenvalue weighted by Gasteiger charge is -2.04. The number of thiol groups is 1. The van der Waals surface area contributed by atoms with Gasteiger partial charge in [0.15, 0.2) is 5.12 Å². The van der Waals surface area contributed by atoms with Crippen LogP contribution < -0.4 is 5.32 Å². The standard InChI is InChI=1S/C7H15NOS2.C7H8O3S/c1-6(10)5-8-3-4-11-7(2)9;1-6-2-4-7(5-3-6)11(8,9)10/h6,8,10H,3-5H2,1-2H3;2-5H,1H3,(H,8,9,10). The van der Waals surface area contributed by atoms with Crippen molar-refractivity contribution in [1.29, 1.82) is 0 Å². The fraction of sp³-hybridized carbons (Fsp3) is 0.500. The zero-order chi connectivity index (χ0) is 17.2. The van der Waals surface area contributed by atoms with Crippen LogP contribution in [0, 0.1) is 6.92 Å². The van der Waals surface area contributed by atoms with Gasteiger partial charge in [-0.15, -0.1) is 0 Å². The molecule has 1 unspecified atom stereocenters. The van der Waals surface area contributed by atoms with Crippen molar-refractivity contribution in [1.82, 2.24) is 5.32 Å². The third-order valence-electron chi connectivity index (χ3n) is 2.34. The Morgan fingerprint density at radius 3 is 2.32 bits per heavy atom. The summed E-state index contributed by atoms with van der Waals surface area (Å²) < 4.78 is 29.6. The summed E-state index contributed by atoms with van der Waals surface area (Å²) in [6.45, 7) is 7.25. The Kier molecular flexibility index (Phi) is 10.8. The molecular weight excluding hydrogens is 342 g/mol. The van der Waals surface area contributed by atoms with Gasteiger partial charge in [0, 0.05) is 31.0 Å². The van der Waals surface area contributed by atoms with E-state index in [1.165, 1.54) is 23.9 Å². The molecule has 0 spiro atoms. The van der Waals surface area contributed by atoms with Crippen molar-refractivity contribution < 1.29 is 17.8 Å². The summed E-state index contributed by atoms with van der Waals surface area (Å²) in [6, 6.07) is 5.99. The van der Waals surface area contributed by atoms with E-state index >= 15 is 0 Å².